The van der Waals surface area contributed by atoms with E-state index in [1.165, 1.54) is 6.07 Å². The zero-order valence-electron chi connectivity index (χ0n) is 20.2. The molecule has 0 spiro atoms. The zero-order chi connectivity index (χ0) is 25.4. The summed E-state index contributed by atoms with van der Waals surface area (Å²) < 4.78 is 0. The number of amides is 1. The van der Waals surface area contributed by atoms with E-state index in [1.807, 2.05) is 68.4 Å². The average molecular weight is 482 g/mol. The number of non-ortho nitro benzene ring substituents is 1. The molecule has 0 saturated carbocycles. The van der Waals surface area contributed by atoms with Crippen LogP contribution in [0.5, 0.6) is 0 Å². The highest BCUT2D eigenvalue weighted by Crippen LogP contribution is 2.47. The Balaban J connectivity index is 1.68. The molecule has 182 valence electrons. The predicted octanol–water partition coefficient (Wildman–Crippen LogP) is 6.21. The van der Waals surface area contributed by atoms with E-state index in [9.17, 15) is 19.7 Å². The van der Waals surface area contributed by atoms with Gasteiger partial charge in [-0.15, -0.1) is 0 Å². The average Bonchev–Trinajstić information content (AvgIpc) is 3.03. The van der Waals surface area contributed by atoms with Crippen LogP contribution in [0, 0.1) is 17.0 Å². The SMILES string of the molecule is CCC(=O)N1c2ccccc2NC2=C(C(=O)C[C@@H](c3cccc([N+](=O)[O-])c3)C2)[C@@H]1c1ccc(C)cc1. The third-order valence-corrected chi connectivity index (χ3v) is 7.01. The number of rotatable bonds is 4. The van der Waals surface area contributed by atoms with Crippen LogP contribution in [0.1, 0.15) is 54.8 Å². The van der Waals surface area contributed by atoms with Crippen molar-refractivity contribution >= 4 is 28.8 Å². The van der Waals surface area contributed by atoms with E-state index in [-0.39, 0.29) is 29.7 Å². The Morgan fingerprint density at radius 3 is 2.50 bits per heavy atom. The summed E-state index contributed by atoms with van der Waals surface area (Å²) in [5.74, 6) is -0.340. The summed E-state index contributed by atoms with van der Waals surface area (Å²) in [7, 11) is 0. The number of para-hydroxylation sites is 2. The molecule has 36 heavy (non-hydrogen) atoms. The number of anilines is 2. The number of Topliss-reactive ketones (excluding diaryl/α,β-unsaturated/α-hetero) is 1. The number of nitrogens with zero attached hydrogens (tertiary/aromatic N) is 2. The van der Waals surface area contributed by atoms with Crippen LogP contribution >= 0.6 is 0 Å². The van der Waals surface area contributed by atoms with E-state index in [1.54, 1.807) is 17.0 Å². The van der Waals surface area contributed by atoms with E-state index in [2.05, 4.69) is 5.32 Å². The summed E-state index contributed by atoms with van der Waals surface area (Å²) in [5.41, 5.74) is 5.56. The molecule has 0 bridgehead atoms. The number of benzene rings is 3. The van der Waals surface area contributed by atoms with Crippen molar-refractivity contribution in [2.24, 2.45) is 0 Å². The fraction of sp³-hybridized carbons (Fsp3) is 0.241. The molecule has 1 aliphatic carbocycles. The van der Waals surface area contributed by atoms with Crippen LogP contribution in [-0.4, -0.2) is 16.6 Å². The van der Waals surface area contributed by atoms with Crippen LogP contribution in [0.3, 0.4) is 0 Å². The summed E-state index contributed by atoms with van der Waals surface area (Å²) in [6.07, 6.45) is 1.02. The van der Waals surface area contributed by atoms with Crippen LogP contribution in [-0.2, 0) is 9.59 Å². The Hall–Kier alpha value is -4.26. The molecule has 0 aromatic heterocycles. The summed E-state index contributed by atoms with van der Waals surface area (Å²) in [6.45, 7) is 3.83. The van der Waals surface area contributed by atoms with Gasteiger partial charge in [-0.1, -0.05) is 61.0 Å². The number of nitro groups is 1. The topological polar surface area (TPSA) is 92.6 Å². The summed E-state index contributed by atoms with van der Waals surface area (Å²) in [6, 6.07) is 21.5. The molecule has 0 saturated heterocycles. The number of carbonyl (C=O) groups is 2. The van der Waals surface area contributed by atoms with Gasteiger partial charge in [0, 0.05) is 36.2 Å². The Bertz CT molecular complexity index is 1390. The number of aryl methyl sites for hydroxylation is 1. The van der Waals surface area contributed by atoms with E-state index in [0.717, 1.165) is 33.8 Å². The van der Waals surface area contributed by atoms with Gasteiger partial charge < -0.3 is 5.32 Å². The number of fused-ring (bicyclic) bond motifs is 1. The first-order chi connectivity index (χ1) is 17.4. The first-order valence-corrected chi connectivity index (χ1v) is 12.1. The van der Waals surface area contributed by atoms with Gasteiger partial charge in [0.2, 0.25) is 5.91 Å². The van der Waals surface area contributed by atoms with Gasteiger partial charge in [-0.3, -0.25) is 24.6 Å². The molecular formula is C29H27N3O4. The van der Waals surface area contributed by atoms with Crippen LogP contribution in [0.25, 0.3) is 0 Å². The van der Waals surface area contributed by atoms with E-state index in [0.29, 0.717) is 18.4 Å². The molecule has 7 nitrogen and oxygen atoms in total. The Labute approximate surface area is 209 Å². The normalized spacial score (nSPS) is 19.2. The molecule has 1 heterocycles. The molecule has 2 aliphatic rings. The number of hydrogen-bond donors (Lipinski definition) is 1. The minimum Gasteiger partial charge on any atom is -0.357 e. The zero-order valence-corrected chi connectivity index (χ0v) is 20.2. The first-order valence-electron chi connectivity index (χ1n) is 12.1. The minimum absolute atomic E-state index is 0.0103. The number of nitrogens with one attached hydrogen (secondary N) is 1. The van der Waals surface area contributed by atoms with Crippen molar-refractivity contribution in [3.8, 4) is 0 Å². The monoisotopic (exact) mass is 481 g/mol. The highest BCUT2D eigenvalue weighted by Gasteiger charge is 2.41. The van der Waals surface area contributed by atoms with Crippen molar-refractivity contribution in [1.82, 2.24) is 0 Å². The molecule has 0 fully saturated rings. The second kappa shape index (κ2) is 9.41. The van der Waals surface area contributed by atoms with E-state index in [4.69, 9.17) is 0 Å². The van der Waals surface area contributed by atoms with Crippen molar-refractivity contribution in [2.45, 2.75) is 45.1 Å². The standard InChI is InChI=1S/C29H27N3O4/c1-3-27(34)31-25-10-5-4-9-23(25)30-24-16-21(20-7-6-8-22(15-20)32(35)36)17-26(33)28(24)29(31)19-13-11-18(2)12-14-19/h4-15,21,29-30H,3,16-17H2,1-2H3/t21-,29-/m0/s1. The summed E-state index contributed by atoms with van der Waals surface area (Å²) in [5, 5.41) is 14.8. The van der Waals surface area contributed by atoms with Gasteiger partial charge in [-0.25, -0.2) is 0 Å². The molecule has 1 aliphatic heterocycles. The first kappa shape index (κ1) is 23.5. The fourth-order valence-electron chi connectivity index (χ4n) is 5.23. The smallest absolute Gasteiger partial charge is 0.269 e. The number of allylic oxidation sites excluding steroid dienone is 1. The predicted molar refractivity (Wildman–Crippen MR) is 139 cm³/mol. The maximum Gasteiger partial charge on any atom is 0.269 e. The minimum atomic E-state index is -0.567. The van der Waals surface area contributed by atoms with Crippen LogP contribution in [0.15, 0.2) is 84.1 Å². The van der Waals surface area contributed by atoms with Gasteiger partial charge in [0.05, 0.1) is 22.3 Å². The quantitative estimate of drug-likeness (QED) is 0.353. The molecular weight excluding hydrogens is 454 g/mol. The molecule has 1 N–H and O–H groups in total. The molecule has 3 aromatic carbocycles. The Morgan fingerprint density at radius 2 is 1.78 bits per heavy atom. The maximum atomic E-state index is 13.9. The lowest BCUT2D eigenvalue weighted by Gasteiger charge is -2.35. The van der Waals surface area contributed by atoms with Gasteiger partial charge in [0.15, 0.2) is 5.78 Å². The Kier molecular flexibility index (Phi) is 6.14. The molecule has 5 rings (SSSR count). The van der Waals surface area contributed by atoms with E-state index >= 15 is 0 Å². The van der Waals surface area contributed by atoms with Gasteiger partial charge in [0.25, 0.3) is 5.69 Å². The van der Waals surface area contributed by atoms with Crippen LogP contribution in [0.4, 0.5) is 17.1 Å². The van der Waals surface area contributed by atoms with Gasteiger partial charge in [-0.2, -0.15) is 0 Å². The molecule has 1 amide bonds. The fourth-order valence-corrected chi connectivity index (χ4v) is 5.23. The lowest BCUT2D eigenvalue weighted by molar-refractivity contribution is -0.384. The molecule has 0 unspecified atom stereocenters. The van der Waals surface area contributed by atoms with Crippen molar-refractivity contribution in [2.75, 3.05) is 10.2 Å². The number of nitro benzene ring substituents is 1. The number of carbonyl (C=O) groups excluding carboxylic acids is 2. The number of hydrogen-bond acceptors (Lipinski definition) is 5. The molecule has 2 atom stereocenters. The van der Waals surface area contributed by atoms with Crippen molar-refractivity contribution in [1.29, 1.82) is 0 Å². The highest BCUT2D eigenvalue weighted by molar-refractivity contribution is 6.06. The van der Waals surface area contributed by atoms with Gasteiger partial charge >= 0.3 is 0 Å². The molecule has 0 radical (unpaired) electrons. The van der Waals surface area contributed by atoms with Gasteiger partial charge in [0.1, 0.15) is 0 Å². The van der Waals surface area contributed by atoms with Gasteiger partial charge in [-0.05, 0) is 42.5 Å². The second-order valence-corrected chi connectivity index (χ2v) is 9.35. The third kappa shape index (κ3) is 4.17. The van der Waals surface area contributed by atoms with E-state index < -0.39 is 11.0 Å². The molecule has 3 aromatic rings. The number of ketones is 1. The van der Waals surface area contributed by atoms with Crippen LogP contribution in [0.2, 0.25) is 0 Å². The molecule has 7 heteroatoms. The Morgan fingerprint density at radius 1 is 1.03 bits per heavy atom. The maximum absolute atomic E-state index is 13.9. The second-order valence-electron chi connectivity index (χ2n) is 9.35. The largest absolute Gasteiger partial charge is 0.357 e. The highest BCUT2D eigenvalue weighted by atomic mass is 16.6. The summed E-state index contributed by atoms with van der Waals surface area (Å²) in [4.78, 5) is 40.0. The van der Waals surface area contributed by atoms with Crippen molar-refractivity contribution < 1.29 is 14.5 Å². The lowest BCUT2D eigenvalue weighted by atomic mass is 9.78. The van der Waals surface area contributed by atoms with Crippen molar-refractivity contribution in [3.63, 3.8) is 0 Å². The lowest BCUT2D eigenvalue weighted by Crippen LogP contribution is -2.38. The van der Waals surface area contributed by atoms with Crippen LogP contribution < -0.4 is 10.2 Å². The summed E-state index contributed by atoms with van der Waals surface area (Å²) >= 11 is 0. The third-order valence-electron chi connectivity index (χ3n) is 7.01. The van der Waals surface area contributed by atoms with Crippen molar-refractivity contribution in [3.05, 3.63) is 111 Å².